The van der Waals surface area contributed by atoms with Gasteiger partial charge in [-0.05, 0) is 50.3 Å². The van der Waals surface area contributed by atoms with Crippen LogP contribution in [-0.2, 0) is 24.4 Å². The van der Waals surface area contributed by atoms with Gasteiger partial charge in [-0.1, -0.05) is 25.3 Å². The Hall–Kier alpha value is -2.26. The van der Waals surface area contributed by atoms with E-state index in [-0.39, 0.29) is 47.4 Å². The molecule has 174 valence electrons. The highest BCUT2D eigenvalue weighted by molar-refractivity contribution is 7.89. The number of hydrogen-bond donors (Lipinski definition) is 1. The highest BCUT2D eigenvalue weighted by Crippen LogP contribution is 2.38. The molecule has 32 heavy (non-hydrogen) atoms. The van der Waals surface area contributed by atoms with E-state index in [1.807, 2.05) is 0 Å². The average Bonchev–Trinajstić information content (AvgIpc) is 3.04. The minimum atomic E-state index is -3.60. The quantitative estimate of drug-likeness (QED) is 0.656. The Morgan fingerprint density at radius 1 is 1.00 bits per heavy atom. The third-order valence-corrected chi connectivity index (χ3v) is 8.83. The van der Waals surface area contributed by atoms with Gasteiger partial charge in [-0.15, -0.1) is 0 Å². The van der Waals surface area contributed by atoms with Gasteiger partial charge in [0, 0.05) is 31.7 Å². The summed E-state index contributed by atoms with van der Waals surface area (Å²) >= 11 is 0. The predicted molar refractivity (Wildman–Crippen MR) is 119 cm³/mol. The van der Waals surface area contributed by atoms with E-state index in [2.05, 4.69) is 5.32 Å². The number of carbonyl (C=O) groups excluding carboxylic acids is 3. The van der Waals surface area contributed by atoms with E-state index in [9.17, 15) is 22.8 Å². The number of anilines is 1. The van der Waals surface area contributed by atoms with E-state index in [1.165, 1.54) is 15.3 Å². The number of nitrogens with zero attached hydrogens (tertiary/aromatic N) is 2. The molecular formula is C23H31N3O5S. The molecule has 1 aliphatic carbocycles. The van der Waals surface area contributed by atoms with Gasteiger partial charge >= 0.3 is 0 Å². The number of benzene rings is 1. The summed E-state index contributed by atoms with van der Waals surface area (Å²) in [6, 6.07) is 4.75. The number of hydrogen-bond acceptors (Lipinski definition) is 5. The van der Waals surface area contributed by atoms with Gasteiger partial charge in [0.2, 0.25) is 27.7 Å². The van der Waals surface area contributed by atoms with E-state index in [0.717, 1.165) is 50.5 Å². The van der Waals surface area contributed by atoms with Crippen LogP contribution >= 0.6 is 0 Å². The Morgan fingerprint density at radius 2 is 1.62 bits per heavy atom. The van der Waals surface area contributed by atoms with E-state index < -0.39 is 10.0 Å². The molecule has 0 bridgehead atoms. The van der Waals surface area contributed by atoms with Crippen molar-refractivity contribution in [3.63, 3.8) is 0 Å². The molecule has 1 N–H and O–H groups in total. The van der Waals surface area contributed by atoms with Crippen molar-refractivity contribution in [2.45, 2.75) is 63.2 Å². The zero-order valence-electron chi connectivity index (χ0n) is 18.5. The lowest BCUT2D eigenvalue weighted by atomic mass is 9.81. The molecule has 3 aliphatic rings. The Bertz CT molecular complexity index is 992. The van der Waals surface area contributed by atoms with Crippen LogP contribution in [0.1, 0.15) is 56.9 Å². The second-order valence-corrected chi connectivity index (χ2v) is 11.0. The van der Waals surface area contributed by atoms with Crippen LogP contribution in [0.15, 0.2) is 23.1 Å². The van der Waals surface area contributed by atoms with Crippen molar-refractivity contribution in [3.05, 3.63) is 23.8 Å². The van der Waals surface area contributed by atoms with Gasteiger partial charge in [-0.3, -0.25) is 19.3 Å². The van der Waals surface area contributed by atoms with E-state index in [0.29, 0.717) is 18.8 Å². The summed E-state index contributed by atoms with van der Waals surface area (Å²) in [5.74, 6) is -1.11. The summed E-state index contributed by atoms with van der Waals surface area (Å²) in [5.41, 5.74) is 1.18. The van der Waals surface area contributed by atoms with Crippen LogP contribution in [0.2, 0.25) is 0 Å². The number of amides is 3. The molecule has 3 amide bonds. The third kappa shape index (κ3) is 4.45. The van der Waals surface area contributed by atoms with Crippen molar-refractivity contribution >= 4 is 33.4 Å². The second-order valence-electron chi connectivity index (χ2n) is 9.07. The Labute approximate surface area is 189 Å². The zero-order valence-corrected chi connectivity index (χ0v) is 19.3. The highest BCUT2D eigenvalue weighted by Gasteiger charge is 2.47. The van der Waals surface area contributed by atoms with E-state index in [4.69, 9.17) is 0 Å². The summed E-state index contributed by atoms with van der Waals surface area (Å²) in [5, 5.41) is 2.77. The van der Waals surface area contributed by atoms with Crippen molar-refractivity contribution in [2.24, 2.45) is 11.8 Å². The second kappa shape index (κ2) is 9.31. The van der Waals surface area contributed by atoms with Gasteiger partial charge in [0.15, 0.2) is 0 Å². The summed E-state index contributed by atoms with van der Waals surface area (Å²) in [6.45, 7) is 2.88. The number of imide groups is 1. The first-order valence-electron chi connectivity index (χ1n) is 11.5. The van der Waals surface area contributed by atoms with Gasteiger partial charge < -0.3 is 5.32 Å². The van der Waals surface area contributed by atoms with Crippen LogP contribution in [0.4, 0.5) is 5.69 Å². The molecule has 2 aliphatic heterocycles. The van der Waals surface area contributed by atoms with Crippen molar-refractivity contribution in [1.82, 2.24) is 9.21 Å². The van der Waals surface area contributed by atoms with Gasteiger partial charge in [-0.25, -0.2) is 8.42 Å². The van der Waals surface area contributed by atoms with Crippen LogP contribution in [0, 0.1) is 18.8 Å². The molecule has 3 fully saturated rings. The first kappa shape index (κ1) is 22.9. The molecule has 2 saturated heterocycles. The first-order valence-corrected chi connectivity index (χ1v) is 13.0. The number of piperidine rings is 1. The fourth-order valence-electron chi connectivity index (χ4n) is 5.03. The van der Waals surface area contributed by atoms with Gasteiger partial charge in [0.05, 0.1) is 16.7 Å². The molecule has 9 heteroatoms. The Kier molecular flexibility index (Phi) is 6.67. The lowest BCUT2D eigenvalue weighted by molar-refractivity contribution is -0.140. The molecule has 2 unspecified atom stereocenters. The van der Waals surface area contributed by atoms with E-state index in [1.54, 1.807) is 19.1 Å². The maximum Gasteiger partial charge on any atom is 0.243 e. The van der Waals surface area contributed by atoms with Crippen LogP contribution in [0.25, 0.3) is 0 Å². The predicted octanol–water partition coefficient (Wildman–Crippen LogP) is 2.67. The third-order valence-electron chi connectivity index (χ3n) is 6.93. The standard InChI is InChI=1S/C23H31N3O5S/c1-16-9-10-17(32(30,31)25-12-5-2-6-13-25)15-20(16)24-21(27)11-14-26-22(28)18-7-3-4-8-19(18)23(26)29/h9-10,15,18-19H,2-8,11-14H2,1H3,(H,24,27). The summed E-state index contributed by atoms with van der Waals surface area (Å²) in [7, 11) is -3.60. The van der Waals surface area contributed by atoms with Crippen LogP contribution < -0.4 is 5.32 Å². The molecule has 8 nitrogen and oxygen atoms in total. The molecular weight excluding hydrogens is 430 g/mol. The minimum absolute atomic E-state index is 0.0144. The first-order chi connectivity index (χ1) is 15.3. The average molecular weight is 462 g/mol. The number of likely N-dealkylation sites (tertiary alicyclic amines) is 1. The number of nitrogens with one attached hydrogen (secondary N) is 1. The molecule has 0 spiro atoms. The molecule has 2 atom stereocenters. The molecule has 1 aromatic carbocycles. The maximum atomic E-state index is 13.0. The normalized spacial score (nSPS) is 24.5. The number of fused-ring (bicyclic) bond motifs is 1. The topological polar surface area (TPSA) is 104 Å². The summed E-state index contributed by atoms with van der Waals surface area (Å²) in [4.78, 5) is 39.2. The molecule has 0 radical (unpaired) electrons. The van der Waals surface area contributed by atoms with Crippen molar-refractivity contribution < 1.29 is 22.8 Å². The number of carbonyl (C=O) groups is 3. The van der Waals surface area contributed by atoms with Crippen molar-refractivity contribution in [3.8, 4) is 0 Å². The van der Waals surface area contributed by atoms with Crippen LogP contribution in [-0.4, -0.2) is 55.0 Å². The zero-order chi connectivity index (χ0) is 22.9. The lowest BCUT2D eigenvalue weighted by Crippen LogP contribution is -2.35. The molecule has 1 aromatic rings. The molecule has 4 rings (SSSR count). The fraction of sp³-hybridized carbons (Fsp3) is 0.609. The monoisotopic (exact) mass is 461 g/mol. The van der Waals surface area contributed by atoms with Gasteiger partial charge in [-0.2, -0.15) is 4.31 Å². The van der Waals surface area contributed by atoms with Crippen LogP contribution in [0.3, 0.4) is 0 Å². The maximum absolute atomic E-state index is 13.0. The van der Waals surface area contributed by atoms with Gasteiger partial charge in [0.1, 0.15) is 0 Å². The number of rotatable bonds is 6. The smallest absolute Gasteiger partial charge is 0.243 e. The number of sulfonamides is 1. The van der Waals surface area contributed by atoms with Gasteiger partial charge in [0.25, 0.3) is 0 Å². The molecule has 0 aromatic heterocycles. The molecule has 1 saturated carbocycles. The summed E-state index contributed by atoms with van der Waals surface area (Å²) < 4.78 is 27.4. The van der Waals surface area contributed by atoms with E-state index >= 15 is 0 Å². The Morgan fingerprint density at radius 3 is 2.25 bits per heavy atom. The van der Waals surface area contributed by atoms with Crippen molar-refractivity contribution in [1.29, 1.82) is 0 Å². The molecule has 2 heterocycles. The van der Waals surface area contributed by atoms with Crippen molar-refractivity contribution in [2.75, 3.05) is 25.0 Å². The SMILES string of the molecule is Cc1ccc(S(=O)(=O)N2CCCCC2)cc1NC(=O)CCN1C(=O)C2CCCCC2C1=O. The highest BCUT2D eigenvalue weighted by atomic mass is 32.2. The largest absolute Gasteiger partial charge is 0.326 e. The van der Waals surface area contributed by atoms with Crippen LogP contribution in [0.5, 0.6) is 0 Å². The minimum Gasteiger partial charge on any atom is -0.326 e. The lowest BCUT2D eigenvalue weighted by Gasteiger charge is -2.26. The Balaban J connectivity index is 1.40. The number of aryl methyl sites for hydroxylation is 1. The fourth-order valence-corrected chi connectivity index (χ4v) is 6.57. The summed E-state index contributed by atoms with van der Waals surface area (Å²) in [6.07, 6.45) is 6.14.